The second kappa shape index (κ2) is 6.77. The van der Waals surface area contributed by atoms with Crippen molar-refractivity contribution in [1.29, 1.82) is 0 Å². The molecule has 0 aromatic heterocycles. The standard InChI is InChI=1S/C19H22N2OS/c1-14(22)15-9-10-19-17(13-15)21(12-6-11-20(2)3)16-7-4-5-8-18(16)23-19/h4-5,7-10,13H,6,11-12H2,1-3H3/i2D3,3D3. The molecular formula is C19H22N2OS. The molecule has 0 atom stereocenters. The van der Waals surface area contributed by atoms with E-state index < -0.39 is 14.0 Å². The summed E-state index contributed by atoms with van der Waals surface area (Å²) in [6.45, 7) is -3.54. The number of anilines is 2. The van der Waals surface area contributed by atoms with Crippen LogP contribution in [0.15, 0.2) is 52.3 Å². The minimum Gasteiger partial charge on any atom is -0.340 e. The van der Waals surface area contributed by atoms with Crippen molar-refractivity contribution in [2.45, 2.75) is 23.1 Å². The highest BCUT2D eigenvalue weighted by Gasteiger charge is 2.23. The number of hydrogen-bond acceptors (Lipinski definition) is 4. The number of fused-ring (bicyclic) bond motifs is 2. The molecular weight excluding hydrogens is 304 g/mol. The van der Waals surface area contributed by atoms with Crippen LogP contribution in [0.4, 0.5) is 11.4 Å². The van der Waals surface area contributed by atoms with Crippen LogP contribution in [0.2, 0.25) is 0 Å². The zero-order chi connectivity index (χ0) is 21.4. The Labute approximate surface area is 150 Å². The summed E-state index contributed by atoms with van der Waals surface area (Å²) in [5.41, 5.74) is 2.43. The van der Waals surface area contributed by atoms with E-state index in [0.717, 1.165) is 21.2 Å². The summed E-state index contributed by atoms with van der Waals surface area (Å²) in [5, 5.41) is 0. The highest BCUT2D eigenvalue weighted by atomic mass is 32.2. The first-order chi connectivity index (χ1) is 13.5. The van der Waals surface area contributed by atoms with Crippen LogP contribution >= 0.6 is 11.8 Å². The largest absolute Gasteiger partial charge is 0.340 e. The van der Waals surface area contributed by atoms with Gasteiger partial charge in [-0.1, -0.05) is 30.0 Å². The number of ketones is 1. The van der Waals surface area contributed by atoms with Crippen LogP contribution in [-0.4, -0.2) is 37.7 Å². The number of nitrogens with zero attached hydrogens (tertiary/aromatic N) is 2. The number of Topliss-reactive ketones (excluding diaryl/α,β-unsaturated/α-hetero) is 1. The first kappa shape index (κ1) is 10.2. The molecule has 3 nitrogen and oxygen atoms in total. The lowest BCUT2D eigenvalue weighted by molar-refractivity contribution is 0.101. The van der Waals surface area contributed by atoms with E-state index in [4.69, 9.17) is 8.22 Å². The number of carbonyl (C=O) groups is 1. The Hall–Kier alpha value is -1.78. The maximum atomic E-state index is 11.9. The van der Waals surface area contributed by atoms with Crippen molar-refractivity contribution in [2.24, 2.45) is 0 Å². The molecule has 0 bridgehead atoms. The molecule has 0 amide bonds. The van der Waals surface area contributed by atoms with Gasteiger partial charge in [-0.2, -0.15) is 0 Å². The van der Waals surface area contributed by atoms with Gasteiger partial charge in [0.1, 0.15) is 0 Å². The van der Waals surface area contributed by atoms with Gasteiger partial charge in [0.25, 0.3) is 0 Å². The van der Waals surface area contributed by atoms with Crippen LogP contribution in [0.3, 0.4) is 0 Å². The molecule has 1 aliphatic heterocycles. The fraction of sp³-hybridized carbons (Fsp3) is 0.316. The second-order valence-electron chi connectivity index (χ2n) is 5.47. The van der Waals surface area contributed by atoms with Crippen molar-refractivity contribution in [2.75, 3.05) is 31.9 Å². The highest BCUT2D eigenvalue weighted by Crippen LogP contribution is 2.48. The van der Waals surface area contributed by atoms with Crippen LogP contribution in [-0.2, 0) is 0 Å². The first-order valence-corrected chi connectivity index (χ1v) is 8.27. The number of rotatable bonds is 5. The number of carbonyl (C=O) groups excluding carboxylic acids is 1. The van der Waals surface area contributed by atoms with E-state index in [1.54, 1.807) is 17.8 Å². The monoisotopic (exact) mass is 332 g/mol. The quantitative estimate of drug-likeness (QED) is 0.755. The van der Waals surface area contributed by atoms with Crippen molar-refractivity contribution < 1.29 is 13.0 Å². The molecule has 2 aromatic carbocycles. The van der Waals surface area contributed by atoms with Gasteiger partial charge in [-0.15, -0.1) is 0 Å². The summed E-state index contributed by atoms with van der Waals surface area (Å²) in [7, 11) is 0. The molecule has 0 fully saturated rings. The summed E-state index contributed by atoms with van der Waals surface area (Å²) in [4.78, 5) is 16.5. The molecule has 4 heteroatoms. The molecule has 0 spiro atoms. The van der Waals surface area contributed by atoms with Gasteiger partial charge in [0.05, 0.1) is 11.4 Å². The highest BCUT2D eigenvalue weighted by molar-refractivity contribution is 7.99. The van der Waals surface area contributed by atoms with Crippen LogP contribution in [0.25, 0.3) is 0 Å². The van der Waals surface area contributed by atoms with E-state index in [2.05, 4.69) is 0 Å². The van der Waals surface area contributed by atoms with Crippen molar-refractivity contribution in [3.05, 3.63) is 48.0 Å². The predicted octanol–water partition coefficient (Wildman–Crippen LogP) is 4.44. The zero-order valence-electron chi connectivity index (χ0n) is 18.9. The third kappa shape index (κ3) is 3.43. The SMILES string of the molecule is [2H]C([2H])([2H])N(CCCN1c2ccccc2Sc2ccc(C(C)=O)cc21)C([2H])([2H])[2H]. The zero-order valence-corrected chi connectivity index (χ0v) is 13.7. The topological polar surface area (TPSA) is 23.6 Å². The van der Waals surface area contributed by atoms with Gasteiger partial charge in [-0.05, 0) is 58.1 Å². The minimum atomic E-state index is -2.69. The molecule has 3 rings (SSSR count). The Morgan fingerprint density at radius 1 is 1.17 bits per heavy atom. The Morgan fingerprint density at radius 3 is 2.74 bits per heavy atom. The summed E-state index contributed by atoms with van der Waals surface area (Å²) in [6.07, 6.45) is 0.333. The van der Waals surface area contributed by atoms with Gasteiger partial charge in [-0.3, -0.25) is 4.79 Å². The third-order valence-corrected chi connectivity index (χ3v) is 4.93. The smallest absolute Gasteiger partial charge is 0.159 e. The van der Waals surface area contributed by atoms with Gasteiger partial charge in [-0.25, -0.2) is 0 Å². The van der Waals surface area contributed by atoms with Crippen LogP contribution in [0.1, 0.15) is 31.9 Å². The maximum Gasteiger partial charge on any atom is 0.159 e. The lowest BCUT2D eigenvalue weighted by atomic mass is 10.1. The molecule has 2 aromatic rings. The van der Waals surface area contributed by atoms with Crippen molar-refractivity contribution in [3.63, 3.8) is 0 Å². The molecule has 1 heterocycles. The van der Waals surface area contributed by atoms with Crippen molar-refractivity contribution in [3.8, 4) is 0 Å². The molecule has 1 aliphatic rings. The van der Waals surface area contributed by atoms with Gasteiger partial charge in [0.15, 0.2) is 5.78 Å². The van der Waals surface area contributed by atoms with Gasteiger partial charge < -0.3 is 9.80 Å². The Balaban J connectivity index is 1.89. The maximum absolute atomic E-state index is 11.9. The molecule has 0 radical (unpaired) electrons. The molecule has 0 saturated carbocycles. The predicted molar refractivity (Wildman–Crippen MR) is 97.2 cm³/mol. The third-order valence-electron chi connectivity index (χ3n) is 3.80. The second-order valence-corrected chi connectivity index (χ2v) is 6.55. The molecule has 0 N–H and O–H groups in total. The van der Waals surface area contributed by atoms with E-state index in [1.807, 2.05) is 41.3 Å². The van der Waals surface area contributed by atoms with E-state index >= 15 is 0 Å². The van der Waals surface area contributed by atoms with E-state index in [0.29, 0.717) is 23.4 Å². The minimum absolute atomic E-state index is 0.0346. The average molecular weight is 333 g/mol. The first-order valence-electron chi connectivity index (χ1n) is 10.5. The normalized spacial score (nSPS) is 17.9. The summed E-state index contributed by atoms with van der Waals surface area (Å²) in [5.74, 6) is -0.0346. The molecule has 0 aliphatic carbocycles. The van der Waals surface area contributed by atoms with Crippen LogP contribution < -0.4 is 4.90 Å². The van der Waals surface area contributed by atoms with Crippen LogP contribution in [0, 0.1) is 0 Å². The lowest BCUT2D eigenvalue weighted by Crippen LogP contribution is -2.25. The van der Waals surface area contributed by atoms with E-state index in [1.165, 1.54) is 6.92 Å². The Bertz CT molecular complexity index is 898. The van der Waals surface area contributed by atoms with E-state index in [9.17, 15) is 4.79 Å². The fourth-order valence-corrected chi connectivity index (χ4v) is 3.75. The Morgan fingerprint density at radius 2 is 1.96 bits per heavy atom. The number of para-hydroxylation sites is 1. The molecule has 23 heavy (non-hydrogen) atoms. The van der Waals surface area contributed by atoms with Crippen molar-refractivity contribution >= 4 is 28.9 Å². The summed E-state index contributed by atoms with van der Waals surface area (Å²) in [6, 6.07) is 13.4. The van der Waals surface area contributed by atoms with Gasteiger partial charge in [0, 0.05) is 30.1 Å². The summed E-state index contributed by atoms with van der Waals surface area (Å²) < 4.78 is 45.1. The van der Waals surface area contributed by atoms with E-state index in [-0.39, 0.29) is 12.3 Å². The molecule has 120 valence electrons. The lowest BCUT2D eigenvalue weighted by Gasteiger charge is -2.33. The summed E-state index contributed by atoms with van der Waals surface area (Å²) >= 11 is 1.61. The molecule has 0 unspecified atom stereocenters. The van der Waals surface area contributed by atoms with Crippen molar-refractivity contribution in [1.82, 2.24) is 4.90 Å². The number of hydrogen-bond donors (Lipinski definition) is 0. The van der Waals surface area contributed by atoms with Gasteiger partial charge >= 0.3 is 0 Å². The Kier molecular flexibility index (Phi) is 2.99. The van der Waals surface area contributed by atoms with Crippen LogP contribution in [0.5, 0.6) is 0 Å². The fourth-order valence-electron chi connectivity index (χ4n) is 2.68. The average Bonchev–Trinajstić information content (AvgIpc) is 2.61. The molecule has 0 saturated heterocycles. The number of benzene rings is 2. The van der Waals surface area contributed by atoms with Gasteiger partial charge in [0.2, 0.25) is 0 Å².